The van der Waals surface area contributed by atoms with E-state index in [1.807, 2.05) is 0 Å². The lowest BCUT2D eigenvalue weighted by Gasteiger charge is -2.13. The van der Waals surface area contributed by atoms with Crippen LogP contribution in [0.5, 0.6) is 0 Å². The van der Waals surface area contributed by atoms with Gasteiger partial charge in [0.1, 0.15) is 0 Å². The van der Waals surface area contributed by atoms with Crippen LogP contribution in [0.3, 0.4) is 0 Å². The third-order valence-corrected chi connectivity index (χ3v) is 4.02. The second-order valence-electron chi connectivity index (χ2n) is 6.16. The van der Waals surface area contributed by atoms with Gasteiger partial charge in [0.25, 0.3) is 0 Å². The first-order valence-corrected chi connectivity index (χ1v) is 8.18. The van der Waals surface area contributed by atoms with Crippen LogP contribution in [0.25, 0.3) is 0 Å². The van der Waals surface area contributed by atoms with E-state index in [0.29, 0.717) is 13.1 Å². The van der Waals surface area contributed by atoms with Crippen LogP contribution in [0.15, 0.2) is 18.2 Å². The van der Waals surface area contributed by atoms with Gasteiger partial charge < -0.3 is 11.5 Å². The number of unbranched alkanes of at least 4 members (excludes halogenated alkanes) is 4. The number of benzene rings is 1. The fraction of sp³-hybridized carbons (Fsp3) is 0.667. The first-order valence-electron chi connectivity index (χ1n) is 8.18. The van der Waals surface area contributed by atoms with Crippen LogP contribution in [-0.2, 0) is 19.5 Å². The van der Waals surface area contributed by atoms with Crippen LogP contribution in [-0.4, -0.2) is 0 Å². The SMILES string of the molecule is CC(C)CCCCCCCc1c(CN)cccc1CN. The molecule has 2 heteroatoms. The van der Waals surface area contributed by atoms with E-state index in [0.717, 1.165) is 12.3 Å². The van der Waals surface area contributed by atoms with Crippen molar-refractivity contribution < 1.29 is 0 Å². The fourth-order valence-electron chi connectivity index (χ4n) is 2.78. The summed E-state index contributed by atoms with van der Waals surface area (Å²) in [5.74, 6) is 0.846. The van der Waals surface area contributed by atoms with E-state index in [1.54, 1.807) is 0 Å². The Bertz CT molecular complexity index is 349. The van der Waals surface area contributed by atoms with E-state index < -0.39 is 0 Å². The zero-order valence-corrected chi connectivity index (χ0v) is 13.3. The molecule has 2 nitrogen and oxygen atoms in total. The average molecular weight is 276 g/mol. The molecule has 0 fully saturated rings. The minimum Gasteiger partial charge on any atom is -0.326 e. The number of rotatable bonds is 10. The number of hydrogen-bond acceptors (Lipinski definition) is 2. The molecule has 0 amide bonds. The molecule has 0 aromatic heterocycles. The van der Waals surface area contributed by atoms with Crippen molar-refractivity contribution in [3.8, 4) is 0 Å². The molecular weight excluding hydrogens is 244 g/mol. The molecule has 0 saturated heterocycles. The lowest BCUT2D eigenvalue weighted by atomic mass is 9.95. The fourth-order valence-corrected chi connectivity index (χ4v) is 2.78. The second-order valence-corrected chi connectivity index (χ2v) is 6.16. The summed E-state index contributed by atoms with van der Waals surface area (Å²) >= 11 is 0. The highest BCUT2D eigenvalue weighted by molar-refractivity contribution is 5.35. The topological polar surface area (TPSA) is 52.0 Å². The van der Waals surface area contributed by atoms with Gasteiger partial charge in [-0.3, -0.25) is 0 Å². The van der Waals surface area contributed by atoms with Crippen LogP contribution in [0.2, 0.25) is 0 Å². The molecule has 114 valence electrons. The Balaban J connectivity index is 2.31. The molecule has 0 saturated carbocycles. The molecule has 0 aliphatic carbocycles. The lowest BCUT2D eigenvalue weighted by Crippen LogP contribution is -2.08. The minimum atomic E-state index is 0.623. The quantitative estimate of drug-likeness (QED) is 0.631. The Kier molecular flexibility index (Phi) is 8.56. The van der Waals surface area contributed by atoms with Crippen molar-refractivity contribution in [2.24, 2.45) is 17.4 Å². The summed E-state index contributed by atoms with van der Waals surface area (Å²) < 4.78 is 0. The third-order valence-electron chi connectivity index (χ3n) is 4.02. The van der Waals surface area contributed by atoms with Gasteiger partial charge in [-0.2, -0.15) is 0 Å². The summed E-state index contributed by atoms with van der Waals surface area (Å²) in [4.78, 5) is 0. The highest BCUT2D eigenvalue weighted by Gasteiger charge is 2.06. The van der Waals surface area contributed by atoms with Crippen LogP contribution in [0, 0.1) is 5.92 Å². The van der Waals surface area contributed by atoms with E-state index in [9.17, 15) is 0 Å². The van der Waals surface area contributed by atoms with Gasteiger partial charge >= 0.3 is 0 Å². The van der Waals surface area contributed by atoms with Crippen LogP contribution in [0.1, 0.15) is 69.1 Å². The van der Waals surface area contributed by atoms with Gasteiger partial charge in [0, 0.05) is 13.1 Å². The number of hydrogen-bond donors (Lipinski definition) is 2. The van der Waals surface area contributed by atoms with Gasteiger partial charge in [0.2, 0.25) is 0 Å². The molecule has 0 spiro atoms. The molecule has 0 unspecified atom stereocenters. The first-order chi connectivity index (χ1) is 9.69. The van der Waals surface area contributed by atoms with E-state index in [1.165, 1.54) is 55.2 Å². The Morgan fingerprint density at radius 3 is 1.95 bits per heavy atom. The van der Waals surface area contributed by atoms with E-state index in [2.05, 4.69) is 32.0 Å². The molecule has 1 aromatic carbocycles. The molecular formula is C18H32N2. The molecule has 20 heavy (non-hydrogen) atoms. The summed E-state index contributed by atoms with van der Waals surface area (Å²) in [6.45, 7) is 5.85. The number of nitrogens with two attached hydrogens (primary N) is 2. The predicted molar refractivity (Wildman–Crippen MR) is 88.5 cm³/mol. The van der Waals surface area contributed by atoms with E-state index in [4.69, 9.17) is 11.5 Å². The van der Waals surface area contributed by atoms with E-state index >= 15 is 0 Å². The van der Waals surface area contributed by atoms with Gasteiger partial charge in [-0.25, -0.2) is 0 Å². The maximum Gasteiger partial charge on any atom is 0.0180 e. The molecule has 0 aliphatic rings. The summed E-state index contributed by atoms with van der Waals surface area (Å²) in [6.07, 6.45) is 9.19. The van der Waals surface area contributed by atoms with Crippen molar-refractivity contribution in [1.29, 1.82) is 0 Å². The Morgan fingerprint density at radius 1 is 0.850 bits per heavy atom. The molecule has 0 heterocycles. The van der Waals surface area contributed by atoms with Crippen molar-refractivity contribution in [2.45, 2.75) is 71.9 Å². The van der Waals surface area contributed by atoms with Crippen molar-refractivity contribution in [3.63, 3.8) is 0 Å². The van der Waals surface area contributed by atoms with Gasteiger partial charge in [-0.05, 0) is 35.4 Å². The standard InChI is InChI=1S/C18H32N2/c1-15(2)9-6-4-3-5-7-12-18-16(13-19)10-8-11-17(18)14-20/h8,10-11,15H,3-7,9,12-14,19-20H2,1-2H3. The van der Waals surface area contributed by atoms with Gasteiger partial charge in [0.05, 0.1) is 0 Å². The Hall–Kier alpha value is -0.860. The Labute approximate surface area is 124 Å². The average Bonchev–Trinajstić information content (AvgIpc) is 2.45. The molecule has 0 bridgehead atoms. The molecule has 1 aromatic rings. The summed E-state index contributed by atoms with van der Waals surface area (Å²) in [7, 11) is 0. The monoisotopic (exact) mass is 276 g/mol. The van der Waals surface area contributed by atoms with Crippen LogP contribution >= 0.6 is 0 Å². The summed E-state index contributed by atoms with van der Waals surface area (Å²) in [5.41, 5.74) is 15.6. The lowest BCUT2D eigenvalue weighted by molar-refractivity contribution is 0.515. The zero-order chi connectivity index (χ0) is 14.8. The highest BCUT2D eigenvalue weighted by atomic mass is 14.5. The van der Waals surface area contributed by atoms with E-state index in [-0.39, 0.29) is 0 Å². The van der Waals surface area contributed by atoms with Gasteiger partial charge in [-0.15, -0.1) is 0 Å². The van der Waals surface area contributed by atoms with Gasteiger partial charge in [0.15, 0.2) is 0 Å². The van der Waals surface area contributed by atoms with Crippen molar-refractivity contribution in [1.82, 2.24) is 0 Å². The van der Waals surface area contributed by atoms with Crippen LogP contribution < -0.4 is 11.5 Å². The maximum atomic E-state index is 5.83. The Morgan fingerprint density at radius 2 is 1.40 bits per heavy atom. The van der Waals surface area contributed by atoms with Crippen molar-refractivity contribution in [3.05, 3.63) is 34.9 Å². The maximum absolute atomic E-state index is 5.83. The smallest absolute Gasteiger partial charge is 0.0180 e. The van der Waals surface area contributed by atoms with Gasteiger partial charge in [-0.1, -0.05) is 64.2 Å². The highest BCUT2D eigenvalue weighted by Crippen LogP contribution is 2.18. The van der Waals surface area contributed by atoms with Crippen LogP contribution in [0.4, 0.5) is 0 Å². The first kappa shape index (κ1) is 17.2. The molecule has 0 atom stereocenters. The summed E-state index contributed by atoms with van der Waals surface area (Å²) in [5, 5.41) is 0. The third kappa shape index (κ3) is 6.06. The zero-order valence-electron chi connectivity index (χ0n) is 13.3. The van der Waals surface area contributed by atoms with Crippen molar-refractivity contribution >= 4 is 0 Å². The predicted octanol–water partition coefficient (Wildman–Crippen LogP) is 4.14. The normalized spacial score (nSPS) is 11.2. The molecule has 0 aliphatic heterocycles. The van der Waals surface area contributed by atoms with Crippen molar-refractivity contribution in [2.75, 3.05) is 0 Å². The summed E-state index contributed by atoms with van der Waals surface area (Å²) in [6, 6.07) is 6.34. The molecule has 4 N–H and O–H groups in total. The molecule has 1 rings (SSSR count). The minimum absolute atomic E-state index is 0.623. The molecule has 0 radical (unpaired) electrons. The largest absolute Gasteiger partial charge is 0.326 e. The second kappa shape index (κ2) is 9.95.